The van der Waals surface area contributed by atoms with Gasteiger partial charge in [0.05, 0.1) is 26.4 Å². The van der Waals surface area contributed by atoms with Gasteiger partial charge in [-0.15, -0.1) is 0 Å². The summed E-state index contributed by atoms with van der Waals surface area (Å²) in [6.45, 7) is 2.40. The fourth-order valence-electron chi connectivity index (χ4n) is 2.10. The van der Waals surface area contributed by atoms with Gasteiger partial charge in [0, 0.05) is 17.3 Å². The van der Waals surface area contributed by atoms with Crippen molar-refractivity contribution >= 4 is 17.6 Å². The Morgan fingerprint density at radius 3 is 2.21 bits per heavy atom. The van der Waals surface area contributed by atoms with Crippen molar-refractivity contribution in [1.82, 2.24) is 0 Å². The average Bonchev–Trinajstić information content (AvgIpc) is 2.62. The predicted molar refractivity (Wildman–Crippen MR) is 89.9 cm³/mol. The molecule has 2 rings (SSSR count). The molecular weight excluding hydrogens is 310 g/mol. The van der Waals surface area contributed by atoms with Crippen LogP contribution in [0.4, 0.5) is 5.69 Å². The van der Waals surface area contributed by atoms with Crippen molar-refractivity contribution in [3.05, 3.63) is 53.6 Å². The molecule has 24 heavy (non-hydrogen) atoms. The number of anilines is 1. The number of carbonyl (C=O) groups is 2. The Morgan fingerprint density at radius 2 is 1.62 bits per heavy atom. The van der Waals surface area contributed by atoms with Crippen LogP contribution in [-0.2, 0) is 4.74 Å². The quantitative estimate of drug-likeness (QED) is 0.824. The molecule has 126 valence electrons. The monoisotopic (exact) mass is 329 g/mol. The zero-order valence-corrected chi connectivity index (χ0v) is 13.8. The molecule has 6 heteroatoms. The SMILES string of the molecule is CCOc1ccc(NC(=O)c2ccc(C(=O)OC)cc2)cc1OC. The lowest BCUT2D eigenvalue weighted by Crippen LogP contribution is -2.12. The first kappa shape index (κ1) is 17.3. The third-order valence-electron chi connectivity index (χ3n) is 3.29. The second-order valence-electron chi connectivity index (χ2n) is 4.82. The Labute approximate surface area is 140 Å². The first-order chi connectivity index (χ1) is 11.6. The first-order valence-corrected chi connectivity index (χ1v) is 7.39. The predicted octanol–water partition coefficient (Wildman–Crippen LogP) is 3.13. The molecule has 0 fully saturated rings. The van der Waals surface area contributed by atoms with E-state index in [1.807, 2.05) is 6.92 Å². The van der Waals surface area contributed by atoms with Crippen LogP contribution >= 0.6 is 0 Å². The second kappa shape index (κ2) is 8.01. The standard InChI is InChI=1S/C18H19NO5/c1-4-24-15-10-9-14(11-16(15)22-2)19-17(20)12-5-7-13(8-6-12)18(21)23-3/h5-11H,4H2,1-3H3,(H,19,20). The zero-order valence-electron chi connectivity index (χ0n) is 13.8. The largest absolute Gasteiger partial charge is 0.493 e. The smallest absolute Gasteiger partial charge is 0.337 e. The first-order valence-electron chi connectivity index (χ1n) is 7.39. The van der Waals surface area contributed by atoms with Gasteiger partial charge in [0.25, 0.3) is 5.91 Å². The van der Waals surface area contributed by atoms with E-state index in [4.69, 9.17) is 9.47 Å². The summed E-state index contributed by atoms with van der Waals surface area (Å²) in [7, 11) is 2.84. The van der Waals surface area contributed by atoms with Crippen LogP contribution in [0.3, 0.4) is 0 Å². The maximum absolute atomic E-state index is 12.3. The number of hydrogen-bond acceptors (Lipinski definition) is 5. The summed E-state index contributed by atoms with van der Waals surface area (Å²) in [6.07, 6.45) is 0. The fourth-order valence-corrected chi connectivity index (χ4v) is 2.10. The molecule has 0 heterocycles. The highest BCUT2D eigenvalue weighted by Gasteiger charge is 2.11. The number of amides is 1. The van der Waals surface area contributed by atoms with Gasteiger partial charge < -0.3 is 19.5 Å². The maximum atomic E-state index is 12.3. The molecular formula is C18H19NO5. The molecule has 0 aliphatic carbocycles. The van der Waals surface area contributed by atoms with Gasteiger partial charge in [0.1, 0.15) is 0 Å². The van der Waals surface area contributed by atoms with E-state index in [0.717, 1.165) is 0 Å². The van der Waals surface area contributed by atoms with E-state index in [1.165, 1.54) is 14.2 Å². The van der Waals surface area contributed by atoms with Crippen molar-refractivity contribution in [3.63, 3.8) is 0 Å². The van der Waals surface area contributed by atoms with Gasteiger partial charge in [-0.3, -0.25) is 4.79 Å². The molecule has 0 aliphatic heterocycles. The Hall–Kier alpha value is -3.02. The van der Waals surface area contributed by atoms with Crippen molar-refractivity contribution in [1.29, 1.82) is 0 Å². The number of rotatable bonds is 6. The number of methoxy groups -OCH3 is 2. The summed E-state index contributed by atoms with van der Waals surface area (Å²) in [5, 5.41) is 2.77. The maximum Gasteiger partial charge on any atom is 0.337 e. The van der Waals surface area contributed by atoms with Crippen molar-refractivity contribution in [3.8, 4) is 11.5 Å². The summed E-state index contributed by atoms with van der Waals surface area (Å²) >= 11 is 0. The molecule has 0 aliphatic rings. The third kappa shape index (κ3) is 4.04. The van der Waals surface area contributed by atoms with E-state index in [2.05, 4.69) is 10.1 Å². The fraction of sp³-hybridized carbons (Fsp3) is 0.222. The number of carbonyl (C=O) groups excluding carboxylic acids is 2. The van der Waals surface area contributed by atoms with Gasteiger partial charge in [0.2, 0.25) is 0 Å². The van der Waals surface area contributed by atoms with Crippen molar-refractivity contribution in [2.75, 3.05) is 26.1 Å². The molecule has 2 aromatic carbocycles. The Morgan fingerprint density at radius 1 is 0.958 bits per heavy atom. The summed E-state index contributed by atoms with van der Waals surface area (Å²) < 4.78 is 15.3. The van der Waals surface area contributed by atoms with Crippen molar-refractivity contribution < 1.29 is 23.8 Å². The summed E-state index contributed by atoms with van der Waals surface area (Å²) in [5.74, 6) is 0.409. The number of hydrogen-bond donors (Lipinski definition) is 1. The van der Waals surface area contributed by atoms with Crippen LogP contribution in [0.25, 0.3) is 0 Å². The van der Waals surface area contributed by atoms with Crippen LogP contribution in [0.2, 0.25) is 0 Å². The molecule has 1 N–H and O–H groups in total. The van der Waals surface area contributed by atoms with Crippen LogP contribution in [0.1, 0.15) is 27.6 Å². The van der Waals surface area contributed by atoms with Gasteiger partial charge in [0.15, 0.2) is 11.5 Å². The van der Waals surface area contributed by atoms with Gasteiger partial charge in [-0.05, 0) is 43.3 Å². The number of nitrogens with one attached hydrogen (secondary N) is 1. The molecule has 0 aromatic heterocycles. The minimum atomic E-state index is -0.446. The van der Waals surface area contributed by atoms with E-state index in [-0.39, 0.29) is 5.91 Å². The molecule has 0 spiro atoms. The number of ether oxygens (including phenoxy) is 3. The molecule has 1 amide bonds. The third-order valence-corrected chi connectivity index (χ3v) is 3.29. The Bertz CT molecular complexity index is 725. The molecule has 0 saturated carbocycles. The molecule has 2 aromatic rings. The molecule has 0 atom stereocenters. The van der Waals surface area contributed by atoms with Crippen molar-refractivity contribution in [2.45, 2.75) is 6.92 Å². The van der Waals surface area contributed by atoms with Crippen LogP contribution in [0.15, 0.2) is 42.5 Å². The highest BCUT2D eigenvalue weighted by atomic mass is 16.5. The van der Waals surface area contributed by atoms with Gasteiger partial charge in [-0.25, -0.2) is 4.79 Å². The normalized spacial score (nSPS) is 9.96. The van der Waals surface area contributed by atoms with Crippen LogP contribution in [0.5, 0.6) is 11.5 Å². The van der Waals surface area contributed by atoms with Crippen molar-refractivity contribution in [2.24, 2.45) is 0 Å². The minimum Gasteiger partial charge on any atom is -0.493 e. The van der Waals surface area contributed by atoms with E-state index in [1.54, 1.807) is 42.5 Å². The Balaban J connectivity index is 2.13. The molecule has 0 unspecified atom stereocenters. The van der Waals surface area contributed by atoms with E-state index >= 15 is 0 Å². The molecule has 0 bridgehead atoms. The van der Waals surface area contributed by atoms with E-state index in [9.17, 15) is 9.59 Å². The number of benzene rings is 2. The van der Waals surface area contributed by atoms with Gasteiger partial charge >= 0.3 is 5.97 Å². The lowest BCUT2D eigenvalue weighted by Gasteiger charge is -2.12. The zero-order chi connectivity index (χ0) is 17.5. The van der Waals surface area contributed by atoms with E-state index < -0.39 is 5.97 Å². The summed E-state index contributed by atoms with van der Waals surface area (Å²) in [4.78, 5) is 23.7. The van der Waals surface area contributed by atoms with Crippen LogP contribution in [0, 0.1) is 0 Å². The average molecular weight is 329 g/mol. The van der Waals surface area contributed by atoms with Gasteiger partial charge in [-0.2, -0.15) is 0 Å². The lowest BCUT2D eigenvalue weighted by molar-refractivity contribution is 0.0600. The summed E-state index contributed by atoms with van der Waals surface area (Å²) in [5.41, 5.74) is 1.39. The lowest BCUT2D eigenvalue weighted by atomic mass is 10.1. The van der Waals surface area contributed by atoms with Gasteiger partial charge in [-0.1, -0.05) is 0 Å². The number of esters is 1. The highest BCUT2D eigenvalue weighted by Crippen LogP contribution is 2.30. The molecule has 0 saturated heterocycles. The van der Waals surface area contributed by atoms with Crippen LogP contribution in [-0.4, -0.2) is 32.7 Å². The Kier molecular flexibility index (Phi) is 5.78. The molecule has 6 nitrogen and oxygen atoms in total. The second-order valence-corrected chi connectivity index (χ2v) is 4.82. The highest BCUT2D eigenvalue weighted by molar-refractivity contribution is 6.05. The topological polar surface area (TPSA) is 73.9 Å². The van der Waals surface area contributed by atoms with E-state index in [0.29, 0.717) is 34.9 Å². The minimum absolute atomic E-state index is 0.294. The summed E-state index contributed by atoms with van der Waals surface area (Å²) in [6, 6.07) is 11.4. The van der Waals surface area contributed by atoms with Crippen LogP contribution < -0.4 is 14.8 Å². The molecule has 0 radical (unpaired) electrons.